The molecule has 0 unspecified atom stereocenters. The van der Waals surface area contributed by atoms with Gasteiger partial charge >= 0.3 is 0 Å². The van der Waals surface area contributed by atoms with Gasteiger partial charge in [0.1, 0.15) is 17.2 Å². The number of unbranched alkanes of at least 4 members (excludes halogenated alkanes) is 1. The van der Waals surface area contributed by atoms with Gasteiger partial charge in [-0.05, 0) is 12.8 Å². The second-order valence-electron chi connectivity index (χ2n) is 7.92. The summed E-state index contributed by atoms with van der Waals surface area (Å²) in [6.07, 6.45) is 6.69. The van der Waals surface area contributed by atoms with Crippen LogP contribution < -0.4 is 0 Å². The molecule has 0 aliphatic rings. The molecule has 0 radical (unpaired) electrons. The quantitative estimate of drug-likeness (QED) is 0.279. The van der Waals surface area contributed by atoms with Gasteiger partial charge in [-0.1, -0.05) is 91.0 Å². The van der Waals surface area contributed by atoms with E-state index in [1.807, 2.05) is 79.1 Å². The van der Waals surface area contributed by atoms with Gasteiger partial charge in [-0.2, -0.15) is 0 Å². The van der Waals surface area contributed by atoms with E-state index in [4.69, 9.17) is 4.98 Å². The van der Waals surface area contributed by atoms with E-state index in [-0.39, 0.29) is 0 Å². The van der Waals surface area contributed by atoms with Crippen molar-refractivity contribution in [3.8, 4) is 33.9 Å². The summed E-state index contributed by atoms with van der Waals surface area (Å²) in [5, 5.41) is 9.04. The van der Waals surface area contributed by atoms with Crippen LogP contribution in [0.15, 0.2) is 103 Å². The third-order valence-electron chi connectivity index (χ3n) is 5.62. The zero-order chi connectivity index (χ0) is 22.3. The number of benzene rings is 3. The molecule has 5 nitrogen and oxygen atoms in total. The average Bonchev–Trinajstić information content (AvgIpc) is 3.37. The minimum absolute atomic E-state index is 0.780. The lowest BCUT2D eigenvalue weighted by molar-refractivity contribution is 0.601. The van der Waals surface area contributed by atoms with E-state index in [0.29, 0.717) is 0 Å². The highest BCUT2D eigenvalue weighted by molar-refractivity contribution is 5.77. The molecule has 0 saturated heterocycles. The number of aromatic nitrogens is 5. The summed E-state index contributed by atoms with van der Waals surface area (Å²) in [5.74, 6) is 1.79. The molecule has 0 amide bonds. The fourth-order valence-corrected chi connectivity index (χ4v) is 3.96. The van der Waals surface area contributed by atoms with Gasteiger partial charge < -0.3 is 4.57 Å². The maximum Gasteiger partial charge on any atom is 0.151 e. The minimum Gasteiger partial charge on any atom is -0.331 e. The molecule has 0 spiro atoms. The Kier molecular flexibility index (Phi) is 6.29. The third-order valence-corrected chi connectivity index (χ3v) is 5.62. The fraction of sp³-hybridized carbons (Fsp3) is 0.143. The number of nitrogens with zero attached hydrogens (tertiary/aromatic N) is 5. The Bertz CT molecular complexity index is 1300. The highest BCUT2D eigenvalue weighted by atomic mass is 15.2. The predicted molar refractivity (Wildman–Crippen MR) is 131 cm³/mol. The third kappa shape index (κ3) is 4.88. The van der Waals surface area contributed by atoms with Gasteiger partial charge in [0.05, 0.1) is 0 Å². The van der Waals surface area contributed by atoms with Crippen LogP contribution in [-0.4, -0.2) is 24.7 Å². The summed E-state index contributed by atoms with van der Waals surface area (Å²) < 4.78 is 2.21. The number of hydrogen-bond donors (Lipinski definition) is 0. The molecule has 0 N–H and O–H groups in total. The molecular weight excluding hydrogens is 406 g/mol. The van der Waals surface area contributed by atoms with Crippen LogP contribution in [0.3, 0.4) is 0 Å². The van der Waals surface area contributed by atoms with E-state index < -0.39 is 0 Å². The molecule has 162 valence electrons. The Morgan fingerprint density at radius 1 is 0.606 bits per heavy atom. The summed E-state index contributed by atoms with van der Waals surface area (Å²) in [5.41, 5.74) is 4.91. The minimum atomic E-state index is 0.780. The van der Waals surface area contributed by atoms with Gasteiger partial charge in [0.25, 0.3) is 0 Å². The first kappa shape index (κ1) is 20.8. The Balaban J connectivity index is 1.30. The van der Waals surface area contributed by atoms with Crippen LogP contribution >= 0.6 is 0 Å². The van der Waals surface area contributed by atoms with Crippen molar-refractivity contribution in [2.75, 3.05) is 0 Å². The first-order valence-electron chi connectivity index (χ1n) is 11.3. The van der Waals surface area contributed by atoms with E-state index >= 15 is 0 Å². The Labute approximate surface area is 193 Å². The van der Waals surface area contributed by atoms with Gasteiger partial charge in [0, 0.05) is 42.0 Å². The Hall–Kier alpha value is -4.12. The Morgan fingerprint density at radius 2 is 1.21 bits per heavy atom. The van der Waals surface area contributed by atoms with Crippen LogP contribution in [0.1, 0.15) is 18.7 Å². The SMILES string of the molecule is c1ccc(-c2nnc(CCCCn3ccnc3-c3ccccc3)nc2-c2ccccc2)cc1. The van der Waals surface area contributed by atoms with Crippen molar-refractivity contribution < 1.29 is 0 Å². The van der Waals surface area contributed by atoms with Crippen molar-refractivity contribution in [2.45, 2.75) is 25.8 Å². The van der Waals surface area contributed by atoms with Crippen LogP contribution in [0.4, 0.5) is 0 Å². The van der Waals surface area contributed by atoms with Gasteiger partial charge in [0.2, 0.25) is 0 Å². The van der Waals surface area contributed by atoms with Crippen LogP contribution in [0.5, 0.6) is 0 Å². The first-order chi connectivity index (χ1) is 16.4. The zero-order valence-electron chi connectivity index (χ0n) is 18.4. The fourth-order valence-electron chi connectivity index (χ4n) is 3.96. The van der Waals surface area contributed by atoms with Crippen molar-refractivity contribution in [2.24, 2.45) is 0 Å². The summed E-state index contributed by atoms with van der Waals surface area (Å²) in [4.78, 5) is 9.46. The average molecular weight is 432 g/mol. The largest absolute Gasteiger partial charge is 0.331 e. The molecule has 5 heteroatoms. The zero-order valence-corrected chi connectivity index (χ0v) is 18.4. The maximum atomic E-state index is 4.93. The van der Waals surface area contributed by atoms with E-state index in [9.17, 15) is 0 Å². The normalized spacial score (nSPS) is 10.9. The summed E-state index contributed by atoms with van der Waals surface area (Å²) in [6.45, 7) is 0.908. The van der Waals surface area contributed by atoms with Crippen LogP contribution in [0.25, 0.3) is 33.9 Å². The molecule has 0 fully saturated rings. The molecule has 2 heterocycles. The van der Waals surface area contributed by atoms with Crippen molar-refractivity contribution in [3.05, 3.63) is 109 Å². The number of imidazole rings is 1. The van der Waals surface area contributed by atoms with Gasteiger partial charge in [0.15, 0.2) is 5.82 Å². The maximum absolute atomic E-state index is 4.93. The van der Waals surface area contributed by atoms with Gasteiger partial charge in [-0.15, -0.1) is 10.2 Å². The van der Waals surface area contributed by atoms with E-state index in [1.165, 1.54) is 0 Å². The first-order valence-corrected chi connectivity index (χ1v) is 11.3. The lowest BCUT2D eigenvalue weighted by atomic mass is 10.0. The molecular formula is C28H25N5. The molecule has 0 aliphatic carbocycles. The second kappa shape index (κ2) is 10.0. The van der Waals surface area contributed by atoms with Crippen molar-refractivity contribution >= 4 is 0 Å². The molecule has 5 aromatic rings. The molecule has 5 rings (SSSR count). The lowest BCUT2D eigenvalue weighted by Gasteiger charge is -2.10. The molecule has 3 aromatic carbocycles. The standard InChI is InChI=1S/C28H25N5/c1-4-12-22(13-5-1)26-27(23-14-6-2-7-15-23)32-31-25(30-26)18-10-11-20-33-21-19-29-28(33)24-16-8-3-9-17-24/h1-9,12-17,19,21H,10-11,18,20H2. The molecule has 2 aromatic heterocycles. The monoisotopic (exact) mass is 431 g/mol. The highest BCUT2D eigenvalue weighted by Gasteiger charge is 2.13. The highest BCUT2D eigenvalue weighted by Crippen LogP contribution is 2.28. The van der Waals surface area contributed by atoms with Gasteiger partial charge in [-0.3, -0.25) is 0 Å². The van der Waals surface area contributed by atoms with E-state index in [2.05, 4.69) is 44.0 Å². The summed E-state index contributed by atoms with van der Waals surface area (Å²) in [7, 11) is 0. The van der Waals surface area contributed by atoms with Gasteiger partial charge in [-0.25, -0.2) is 9.97 Å². The van der Waals surface area contributed by atoms with Crippen molar-refractivity contribution in [3.63, 3.8) is 0 Å². The van der Waals surface area contributed by atoms with Crippen LogP contribution in [-0.2, 0) is 13.0 Å². The molecule has 0 atom stereocenters. The number of rotatable bonds is 8. The van der Waals surface area contributed by atoms with E-state index in [0.717, 1.165) is 65.5 Å². The summed E-state index contributed by atoms with van der Waals surface area (Å²) in [6, 6.07) is 30.7. The smallest absolute Gasteiger partial charge is 0.151 e. The lowest BCUT2D eigenvalue weighted by Crippen LogP contribution is -2.05. The molecule has 33 heavy (non-hydrogen) atoms. The summed E-state index contributed by atoms with van der Waals surface area (Å²) >= 11 is 0. The van der Waals surface area contributed by atoms with Crippen LogP contribution in [0.2, 0.25) is 0 Å². The number of hydrogen-bond acceptors (Lipinski definition) is 4. The second-order valence-corrected chi connectivity index (χ2v) is 7.92. The predicted octanol–water partition coefficient (Wildman–Crippen LogP) is 6.09. The van der Waals surface area contributed by atoms with Crippen LogP contribution in [0, 0.1) is 0 Å². The molecule has 0 aliphatic heterocycles. The molecule has 0 bridgehead atoms. The topological polar surface area (TPSA) is 56.5 Å². The molecule has 0 saturated carbocycles. The van der Waals surface area contributed by atoms with Crippen molar-refractivity contribution in [1.82, 2.24) is 24.7 Å². The Morgan fingerprint density at radius 3 is 1.88 bits per heavy atom. The van der Waals surface area contributed by atoms with Crippen molar-refractivity contribution in [1.29, 1.82) is 0 Å². The van der Waals surface area contributed by atoms with E-state index in [1.54, 1.807) is 0 Å². The number of aryl methyl sites for hydroxylation is 2.